The molecule has 0 fully saturated rings. The molecular formula is C12H16N2OS. The molecule has 0 saturated carbocycles. The highest BCUT2D eigenvalue weighted by atomic mass is 32.1. The lowest BCUT2D eigenvalue weighted by Crippen LogP contribution is -2.46. The zero-order chi connectivity index (χ0) is 12.0. The van der Waals surface area contributed by atoms with Gasteiger partial charge in [0.25, 0.3) is 0 Å². The van der Waals surface area contributed by atoms with Crippen LogP contribution in [-0.2, 0) is 11.2 Å². The van der Waals surface area contributed by atoms with Gasteiger partial charge >= 0.3 is 0 Å². The van der Waals surface area contributed by atoms with E-state index in [0.717, 1.165) is 4.88 Å². The Hall–Kier alpha value is -1.34. The van der Waals surface area contributed by atoms with Crippen LogP contribution in [-0.4, -0.2) is 11.4 Å². The average molecular weight is 236 g/mol. The number of thiophene rings is 1. The topological polar surface area (TPSA) is 52.9 Å². The Bertz CT molecular complexity index is 374. The van der Waals surface area contributed by atoms with E-state index in [4.69, 9.17) is 5.26 Å². The molecule has 1 aromatic rings. The maximum atomic E-state index is 11.7. The van der Waals surface area contributed by atoms with Gasteiger partial charge in [-0.15, -0.1) is 11.3 Å². The van der Waals surface area contributed by atoms with Gasteiger partial charge in [0.1, 0.15) is 5.54 Å². The third kappa shape index (κ3) is 3.07. The fraction of sp³-hybridized carbons (Fsp3) is 0.500. The molecule has 0 saturated heterocycles. The second-order valence-electron chi connectivity index (χ2n) is 3.71. The van der Waals surface area contributed by atoms with E-state index in [1.165, 1.54) is 0 Å². The van der Waals surface area contributed by atoms with Crippen molar-refractivity contribution >= 4 is 17.2 Å². The second kappa shape index (κ2) is 5.66. The molecule has 0 atom stereocenters. The Balaban J connectivity index is 2.60. The molecule has 1 amide bonds. The van der Waals surface area contributed by atoms with Gasteiger partial charge in [-0.2, -0.15) is 5.26 Å². The summed E-state index contributed by atoms with van der Waals surface area (Å²) in [5.41, 5.74) is -0.700. The van der Waals surface area contributed by atoms with E-state index in [2.05, 4.69) is 11.4 Å². The summed E-state index contributed by atoms with van der Waals surface area (Å²) in [7, 11) is 0. The monoisotopic (exact) mass is 236 g/mol. The number of carbonyl (C=O) groups excluding carboxylic acids is 1. The first-order valence-corrected chi connectivity index (χ1v) is 6.28. The maximum absolute atomic E-state index is 11.7. The van der Waals surface area contributed by atoms with Gasteiger partial charge in [-0.05, 0) is 24.3 Å². The molecular weight excluding hydrogens is 220 g/mol. The summed E-state index contributed by atoms with van der Waals surface area (Å²) in [5.74, 6) is -0.0762. The van der Waals surface area contributed by atoms with Gasteiger partial charge in [-0.1, -0.05) is 19.9 Å². The van der Waals surface area contributed by atoms with Crippen molar-refractivity contribution in [2.75, 3.05) is 0 Å². The lowest BCUT2D eigenvalue weighted by atomic mass is 9.94. The van der Waals surface area contributed by atoms with Crippen molar-refractivity contribution in [3.05, 3.63) is 22.4 Å². The minimum absolute atomic E-state index is 0.0762. The number of nitrogens with one attached hydrogen (secondary N) is 1. The summed E-state index contributed by atoms with van der Waals surface area (Å²) in [6.07, 6.45) is 1.63. The number of rotatable bonds is 5. The van der Waals surface area contributed by atoms with E-state index in [9.17, 15) is 4.79 Å². The van der Waals surface area contributed by atoms with Crippen molar-refractivity contribution < 1.29 is 4.79 Å². The molecule has 16 heavy (non-hydrogen) atoms. The van der Waals surface area contributed by atoms with Crippen molar-refractivity contribution in [2.45, 2.75) is 38.6 Å². The SMILES string of the molecule is CCC(C#N)(CC)NC(=O)Cc1cccs1. The zero-order valence-corrected chi connectivity index (χ0v) is 10.4. The van der Waals surface area contributed by atoms with Crippen molar-refractivity contribution in [2.24, 2.45) is 0 Å². The molecule has 1 N–H and O–H groups in total. The van der Waals surface area contributed by atoms with Crippen molar-refractivity contribution in [1.82, 2.24) is 5.32 Å². The molecule has 0 spiro atoms. The van der Waals surface area contributed by atoms with Crippen LogP contribution in [0.5, 0.6) is 0 Å². The summed E-state index contributed by atoms with van der Waals surface area (Å²) in [5, 5.41) is 13.9. The average Bonchev–Trinajstić information content (AvgIpc) is 2.79. The molecule has 86 valence electrons. The van der Waals surface area contributed by atoms with Crippen molar-refractivity contribution in [3.8, 4) is 6.07 Å². The molecule has 0 radical (unpaired) electrons. The molecule has 1 heterocycles. The summed E-state index contributed by atoms with van der Waals surface area (Å²) in [6.45, 7) is 3.83. The zero-order valence-electron chi connectivity index (χ0n) is 9.62. The number of hydrogen-bond donors (Lipinski definition) is 1. The number of amides is 1. The molecule has 0 aromatic carbocycles. The molecule has 1 rings (SSSR count). The maximum Gasteiger partial charge on any atom is 0.226 e. The third-order valence-electron chi connectivity index (χ3n) is 2.71. The van der Waals surface area contributed by atoms with Crippen LogP contribution >= 0.6 is 11.3 Å². The van der Waals surface area contributed by atoms with Gasteiger partial charge in [0, 0.05) is 4.88 Å². The second-order valence-corrected chi connectivity index (χ2v) is 4.74. The van der Waals surface area contributed by atoms with Crippen molar-refractivity contribution in [1.29, 1.82) is 5.26 Å². The highest BCUT2D eigenvalue weighted by Crippen LogP contribution is 2.15. The summed E-state index contributed by atoms with van der Waals surface area (Å²) in [6, 6.07) is 6.04. The van der Waals surface area contributed by atoms with Crippen LogP contribution in [0.4, 0.5) is 0 Å². The van der Waals surface area contributed by atoms with Crippen molar-refractivity contribution in [3.63, 3.8) is 0 Å². The number of hydrogen-bond acceptors (Lipinski definition) is 3. The normalized spacial score (nSPS) is 10.8. The molecule has 4 heteroatoms. The Morgan fingerprint density at radius 2 is 2.25 bits per heavy atom. The lowest BCUT2D eigenvalue weighted by molar-refractivity contribution is -0.121. The van der Waals surface area contributed by atoms with E-state index in [1.54, 1.807) is 11.3 Å². The van der Waals surface area contributed by atoms with Crippen LogP contribution in [0.2, 0.25) is 0 Å². The van der Waals surface area contributed by atoms with E-state index in [0.29, 0.717) is 19.3 Å². The van der Waals surface area contributed by atoms with Gasteiger partial charge < -0.3 is 5.32 Å². The van der Waals surface area contributed by atoms with Crippen LogP contribution in [0.25, 0.3) is 0 Å². The largest absolute Gasteiger partial charge is 0.338 e. The van der Waals surface area contributed by atoms with Gasteiger partial charge in [0.05, 0.1) is 12.5 Å². The molecule has 1 aromatic heterocycles. The highest BCUT2D eigenvalue weighted by molar-refractivity contribution is 7.10. The van der Waals surface area contributed by atoms with Crippen LogP contribution in [0.15, 0.2) is 17.5 Å². The first kappa shape index (κ1) is 12.7. The predicted molar refractivity (Wildman–Crippen MR) is 65.1 cm³/mol. The Kier molecular flexibility index (Phi) is 4.51. The molecule has 0 unspecified atom stereocenters. The molecule has 0 bridgehead atoms. The third-order valence-corrected chi connectivity index (χ3v) is 3.59. The summed E-state index contributed by atoms with van der Waals surface area (Å²) >= 11 is 1.56. The van der Waals surface area contributed by atoms with Gasteiger partial charge in [0.15, 0.2) is 0 Å². The Labute approximate surface area is 100 Å². The van der Waals surface area contributed by atoms with Gasteiger partial charge in [0.2, 0.25) is 5.91 Å². The molecule has 0 aliphatic carbocycles. The van der Waals surface area contributed by atoms with Crippen LogP contribution < -0.4 is 5.32 Å². The smallest absolute Gasteiger partial charge is 0.226 e. The van der Waals surface area contributed by atoms with E-state index < -0.39 is 5.54 Å². The first-order valence-electron chi connectivity index (χ1n) is 5.40. The minimum Gasteiger partial charge on any atom is -0.338 e. The van der Waals surface area contributed by atoms with Crippen LogP contribution in [0.3, 0.4) is 0 Å². The predicted octanol–water partition coefficient (Wildman–Crippen LogP) is 2.49. The molecule has 0 aliphatic rings. The Morgan fingerprint density at radius 3 is 2.69 bits per heavy atom. The van der Waals surface area contributed by atoms with Gasteiger partial charge in [-0.3, -0.25) is 4.79 Å². The standard InChI is InChI=1S/C12H16N2OS/c1-3-12(4-2,9-13)14-11(15)8-10-6-5-7-16-10/h5-7H,3-4,8H2,1-2H3,(H,14,15). The summed E-state index contributed by atoms with van der Waals surface area (Å²) < 4.78 is 0. The summed E-state index contributed by atoms with van der Waals surface area (Å²) in [4.78, 5) is 12.8. The highest BCUT2D eigenvalue weighted by Gasteiger charge is 2.27. The fourth-order valence-corrected chi connectivity index (χ4v) is 2.20. The fourth-order valence-electron chi connectivity index (χ4n) is 1.50. The molecule has 3 nitrogen and oxygen atoms in total. The first-order chi connectivity index (χ1) is 7.65. The van der Waals surface area contributed by atoms with Gasteiger partial charge in [-0.25, -0.2) is 0 Å². The quantitative estimate of drug-likeness (QED) is 0.854. The van der Waals surface area contributed by atoms with E-state index in [1.807, 2.05) is 31.4 Å². The van der Waals surface area contributed by atoms with Crippen LogP contribution in [0.1, 0.15) is 31.6 Å². The number of nitriles is 1. The van der Waals surface area contributed by atoms with E-state index in [-0.39, 0.29) is 5.91 Å². The minimum atomic E-state index is -0.700. The lowest BCUT2D eigenvalue weighted by Gasteiger charge is -2.24. The molecule has 0 aliphatic heterocycles. The van der Waals surface area contributed by atoms with Crippen LogP contribution in [0, 0.1) is 11.3 Å². The number of nitrogens with zero attached hydrogens (tertiary/aromatic N) is 1. The number of carbonyl (C=O) groups is 1. The van der Waals surface area contributed by atoms with E-state index >= 15 is 0 Å². The Morgan fingerprint density at radius 1 is 1.56 bits per heavy atom.